The summed E-state index contributed by atoms with van der Waals surface area (Å²) in [4.78, 5) is 33.7. The van der Waals surface area contributed by atoms with Gasteiger partial charge in [-0.15, -0.1) is 0 Å². The highest BCUT2D eigenvalue weighted by Gasteiger charge is 2.68. The number of rotatable bonds is 3. The largest absolute Gasteiger partial charge is 0.360 e. The zero-order valence-electron chi connectivity index (χ0n) is 18.0. The lowest BCUT2D eigenvalue weighted by Crippen LogP contribution is -2.63. The van der Waals surface area contributed by atoms with Gasteiger partial charge in [0, 0.05) is 25.2 Å². The molecule has 2 amide bonds. The molecular weight excluding hydrogens is 378 g/mol. The molecule has 5 aliphatic heterocycles. The Kier molecular flexibility index (Phi) is 4.72. The minimum Gasteiger partial charge on any atom is -0.360 e. The maximum Gasteiger partial charge on any atom is 0.230 e. The van der Waals surface area contributed by atoms with Crippen LogP contribution in [0.5, 0.6) is 0 Å². The van der Waals surface area contributed by atoms with E-state index in [0.717, 1.165) is 25.9 Å². The lowest BCUT2D eigenvalue weighted by atomic mass is 9.76. The van der Waals surface area contributed by atoms with E-state index in [4.69, 9.17) is 4.74 Å². The molecule has 5 fully saturated rings. The van der Waals surface area contributed by atoms with Crippen molar-refractivity contribution in [3.8, 4) is 0 Å². The quantitative estimate of drug-likeness (QED) is 0.526. The second-order valence-corrected chi connectivity index (χ2v) is 10.5. The van der Waals surface area contributed by atoms with Gasteiger partial charge in [-0.3, -0.25) is 14.5 Å². The number of likely N-dealkylation sites (tertiary alicyclic amines) is 3. The molecule has 1 saturated carbocycles. The van der Waals surface area contributed by atoms with Gasteiger partial charge in [-0.2, -0.15) is 0 Å². The smallest absolute Gasteiger partial charge is 0.230 e. The summed E-state index contributed by atoms with van der Waals surface area (Å²) in [6.45, 7) is 4.64. The summed E-state index contributed by atoms with van der Waals surface area (Å²) in [5.74, 6) is -0.293. The molecule has 6 rings (SSSR count). The Morgan fingerprint density at radius 3 is 2.40 bits per heavy atom. The van der Waals surface area contributed by atoms with Crippen LogP contribution in [0.4, 0.5) is 0 Å². The third-order valence-electron chi connectivity index (χ3n) is 8.76. The summed E-state index contributed by atoms with van der Waals surface area (Å²) in [6.07, 6.45) is 15.0. The fourth-order valence-corrected chi connectivity index (χ4v) is 7.05. The molecule has 6 aliphatic rings. The van der Waals surface area contributed by atoms with Crippen LogP contribution in [0, 0.1) is 11.8 Å². The zero-order valence-corrected chi connectivity index (χ0v) is 18.0. The Balaban J connectivity index is 1.16. The number of hydrogen-bond donors (Lipinski definition) is 0. The van der Waals surface area contributed by atoms with Crippen molar-refractivity contribution in [2.75, 3.05) is 32.7 Å². The molecule has 4 atom stereocenters. The number of carbonyl (C=O) groups is 2. The van der Waals surface area contributed by atoms with Crippen molar-refractivity contribution < 1.29 is 14.3 Å². The second-order valence-electron chi connectivity index (χ2n) is 10.5. The number of hydrogen-bond acceptors (Lipinski definition) is 4. The first-order chi connectivity index (χ1) is 14.7. The van der Waals surface area contributed by atoms with Gasteiger partial charge >= 0.3 is 0 Å². The van der Waals surface area contributed by atoms with Crippen LogP contribution in [-0.2, 0) is 14.3 Å². The van der Waals surface area contributed by atoms with Gasteiger partial charge in [-0.1, -0.05) is 44.3 Å². The van der Waals surface area contributed by atoms with E-state index >= 15 is 0 Å². The van der Waals surface area contributed by atoms with Crippen molar-refractivity contribution in [1.29, 1.82) is 0 Å². The molecule has 30 heavy (non-hydrogen) atoms. The minimum absolute atomic E-state index is 0.153. The van der Waals surface area contributed by atoms with Gasteiger partial charge in [-0.05, 0) is 38.8 Å². The number of ether oxygens (including phenoxy) is 1. The van der Waals surface area contributed by atoms with E-state index in [9.17, 15) is 9.59 Å². The van der Waals surface area contributed by atoms with E-state index in [0.29, 0.717) is 18.6 Å². The summed E-state index contributed by atoms with van der Waals surface area (Å²) < 4.78 is 6.37. The molecule has 0 N–H and O–H groups in total. The molecular formula is C24H35N3O3. The van der Waals surface area contributed by atoms with E-state index in [1.807, 2.05) is 4.90 Å². The SMILES string of the molecule is O=C([C@H]1[C@@H]2C=C[C@@]3(CN(C4CCCCCC4)C(=O)[C@@H]13)O2)N1CC(N2CCCCC2)C1. The van der Waals surface area contributed by atoms with Gasteiger partial charge in [-0.25, -0.2) is 0 Å². The molecule has 164 valence electrons. The first-order valence-electron chi connectivity index (χ1n) is 12.4. The predicted molar refractivity (Wildman–Crippen MR) is 113 cm³/mol. The van der Waals surface area contributed by atoms with Crippen LogP contribution in [0.3, 0.4) is 0 Å². The van der Waals surface area contributed by atoms with Gasteiger partial charge in [0.15, 0.2) is 0 Å². The maximum atomic E-state index is 13.6. The van der Waals surface area contributed by atoms with Crippen LogP contribution < -0.4 is 0 Å². The van der Waals surface area contributed by atoms with Gasteiger partial charge < -0.3 is 14.5 Å². The van der Waals surface area contributed by atoms with Crippen LogP contribution in [0.2, 0.25) is 0 Å². The molecule has 0 aromatic rings. The summed E-state index contributed by atoms with van der Waals surface area (Å²) in [7, 11) is 0. The van der Waals surface area contributed by atoms with E-state index < -0.39 is 5.60 Å². The molecule has 2 bridgehead atoms. The van der Waals surface area contributed by atoms with Gasteiger partial charge in [0.25, 0.3) is 0 Å². The lowest BCUT2D eigenvalue weighted by Gasteiger charge is -2.48. The molecule has 0 unspecified atom stereocenters. The molecule has 4 saturated heterocycles. The van der Waals surface area contributed by atoms with Crippen molar-refractivity contribution in [2.45, 2.75) is 81.6 Å². The number of piperidine rings is 1. The Hall–Kier alpha value is -1.40. The van der Waals surface area contributed by atoms with Crippen LogP contribution >= 0.6 is 0 Å². The van der Waals surface area contributed by atoms with Crippen molar-refractivity contribution in [1.82, 2.24) is 14.7 Å². The topological polar surface area (TPSA) is 53.1 Å². The molecule has 0 radical (unpaired) electrons. The van der Waals surface area contributed by atoms with Crippen molar-refractivity contribution in [3.05, 3.63) is 12.2 Å². The molecule has 5 heterocycles. The van der Waals surface area contributed by atoms with Crippen molar-refractivity contribution >= 4 is 11.8 Å². The molecule has 6 heteroatoms. The summed E-state index contributed by atoms with van der Waals surface area (Å²) in [5, 5.41) is 0. The first-order valence-corrected chi connectivity index (χ1v) is 12.4. The van der Waals surface area contributed by atoms with E-state index in [2.05, 4.69) is 22.0 Å². The van der Waals surface area contributed by atoms with Crippen LogP contribution in [0.25, 0.3) is 0 Å². The average molecular weight is 414 g/mol. The highest BCUT2D eigenvalue weighted by molar-refractivity contribution is 5.93. The Morgan fingerprint density at radius 2 is 1.67 bits per heavy atom. The normalized spacial score (nSPS) is 40.0. The molecule has 6 nitrogen and oxygen atoms in total. The Bertz CT molecular complexity index is 734. The number of amides is 2. The van der Waals surface area contributed by atoms with Crippen molar-refractivity contribution in [3.63, 3.8) is 0 Å². The van der Waals surface area contributed by atoms with E-state index in [1.54, 1.807) is 0 Å². The summed E-state index contributed by atoms with van der Waals surface area (Å²) in [6, 6.07) is 0.847. The number of nitrogens with zero attached hydrogens (tertiary/aromatic N) is 3. The molecule has 0 aromatic carbocycles. The molecule has 0 aromatic heterocycles. The first kappa shape index (κ1) is 19.3. The maximum absolute atomic E-state index is 13.6. The van der Waals surface area contributed by atoms with Crippen LogP contribution in [0.15, 0.2) is 12.2 Å². The Morgan fingerprint density at radius 1 is 0.967 bits per heavy atom. The highest BCUT2D eigenvalue weighted by Crippen LogP contribution is 2.53. The zero-order chi connectivity index (χ0) is 20.3. The van der Waals surface area contributed by atoms with E-state index in [1.165, 1.54) is 58.0 Å². The lowest BCUT2D eigenvalue weighted by molar-refractivity contribution is -0.149. The van der Waals surface area contributed by atoms with E-state index in [-0.39, 0.29) is 29.8 Å². The predicted octanol–water partition coefficient (Wildman–Crippen LogP) is 2.19. The summed E-state index contributed by atoms with van der Waals surface area (Å²) in [5.41, 5.74) is -0.550. The highest BCUT2D eigenvalue weighted by atomic mass is 16.5. The fourth-order valence-electron chi connectivity index (χ4n) is 7.05. The number of carbonyl (C=O) groups excluding carboxylic acids is 2. The standard InChI is InChI=1S/C24H35N3O3/c28-22(26-14-18(15-26)25-12-6-3-7-13-25)20-19-10-11-24(30-19)16-27(23(29)21(20)24)17-8-4-1-2-5-9-17/h10-11,17-21H,1-9,12-16H2/t19-,20-,21+,24-/m0/s1. The summed E-state index contributed by atoms with van der Waals surface area (Å²) >= 11 is 0. The van der Waals surface area contributed by atoms with Crippen LogP contribution in [-0.4, -0.2) is 83.0 Å². The third kappa shape index (κ3) is 2.89. The monoisotopic (exact) mass is 413 g/mol. The fraction of sp³-hybridized carbons (Fsp3) is 0.833. The molecule has 1 aliphatic carbocycles. The molecule has 1 spiro atoms. The third-order valence-corrected chi connectivity index (χ3v) is 8.76. The van der Waals surface area contributed by atoms with Crippen LogP contribution in [0.1, 0.15) is 57.8 Å². The average Bonchev–Trinajstić information content (AvgIpc) is 3.27. The Labute approximate surface area is 179 Å². The number of fused-ring (bicyclic) bond motifs is 1. The van der Waals surface area contributed by atoms with Gasteiger partial charge in [0.2, 0.25) is 11.8 Å². The van der Waals surface area contributed by atoms with Gasteiger partial charge in [0.1, 0.15) is 5.60 Å². The van der Waals surface area contributed by atoms with Crippen molar-refractivity contribution in [2.24, 2.45) is 11.8 Å². The van der Waals surface area contributed by atoms with Gasteiger partial charge in [0.05, 0.1) is 24.5 Å². The minimum atomic E-state index is -0.550. The second kappa shape index (κ2) is 7.33.